The molecule has 0 aliphatic heterocycles. The minimum atomic E-state index is -0.548. The van der Waals surface area contributed by atoms with Crippen LogP contribution in [0.15, 0.2) is 42.6 Å². The number of nitrogens with zero attached hydrogens (tertiary/aromatic N) is 2. The molecule has 1 aromatic carbocycles. The SMILES string of the molecule is C[C@H](Nc1ccc([N+](=O)[O-])nc1)c1ccc(F)cc1. The quantitative estimate of drug-likeness (QED) is 0.677. The fraction of sp³-hybridized carbons (Fsp3) is 0.154. The summed E-state index contributed by atoms with van der Waals surface area (Å²) in [5.41, 5.74) is 1.59. The van der Waals surface area contributed by atoms with Crippen molar-refractivity contribution in [1.82, 2.24) is 4.98 Å². The van der Waals surface area contributed by atoms with Gasteiger partial charge in [0.25, 0.3) is 0 Å². The van der Waals surface area contributed by atoms with E-state index in [1.54, 1.807) is 18.2 Å². The van der Waals surface area contributed by atoms with Gasteiger partial charge in [-0.15, -0.1) is 0 Å². The molecule has 1 heterocycles. The lowest BCUT2D eigenvalue weighted by molar-refractivity contribution is -0.389. The molecule has 1 atom stereocenters. The normalized spacial score (nSPS) is 11.9. The lowest BCUT2D eigenvalue weighted by Gasteiger charge is -2.14. The molecule has 2 aromatic rings. The van der Waals surface area contributed by atoms with Gasteiger partial charge < -0.3 is 15.4 Å². The summed E-state index contributed by atoms with van der Waals surface area (Å²) in [6.45, 7) is 1.91. The predicted octanol–water partition coefficient (Wildman–Crippen LogP) is 3.30. The number of rotatable bonds is 4. The average molecular weight is 261 g/mol. The van der Waals surface area contributed by atoms with E-state index in [4.69, 9.17) is 0 Å². The molecular weight excluding hydrogens is 249 g/mol. The van der Waals surface area contributed by atoms with Gasteiger partial charge in [-0.25, -0.2) is 4.39 Å². The highest BCUT2D eigenvalue weighted by molar-refractivity contribution is 5.45. The summed E-state index contributed by atoms with van der Waals surface area (Å²) >= 11 is 0. The lowest BCUT2D eigenvalue weighted by Crippen LogP contribution is -2.07. The number of nitro groups is 1. The third-order valence-corrected chi connectivity index (χ3v) is 2.69. The van der Waals surface area contributed by atoms with Crippen molar-refractivity contribution < 1.29 is 9.31 Å². The van der Waals surface area contributed by atoms with Crippen molar-refractivity contribution in [3.05, 3.63) is 64.1 Å². The average Bonchev–Trinajstić information content (AvgIpc) is 2.40. The smallest absolute Gasteiger partial charge is 0.363 e. The molecular formula is C13H12FN3O2. The minimum absolute atomic E-state index is 0.0520. The summed E-state index contributed by atoms with van der Waals surface area (Å²) in [6.07, 6.45) is 1.40. The molecule has 6 heteroatoms. The first-order valence-electron chi connectivity index (χ1n) is 5.68. The number of anilines is 1. The number of aromatic nitrogens is 1. The molecule has 0 fully saturated rings. The van der Waals surface area contributed by atoms with Crippen LogP contribution in [0.5, 0.6) is 0 Å². The Morgan fingerprint density at radius 3 is 2.47 bits per heavy atom. The van der Waals surface area contributed by atoms with Crippen LogP contribution in [-0.2, 0) is 0 Å². The van der Waals surface area contributed by atoms with Crippen LogP contribution < -0.4 is 5.32 Å². The Morgan fingerprint density at radius 1 is 1.26 bits per heavy atom. The number of pyridine rings is 1. The molecule has 0 spiro atoms. The summed E-state index contributed by atoms with van der Waals surface area (Å²) in [6, 6.07) is 9.02. The molecule has 0 radical (unpaired) electrons. The molecule has 5 nitrogen and oxygen atoms in total. The fourth-order valence-corrected chi connectivity index (χ4v) is 1.66. The molecule has 0 bridgehead atoms. The summed E-state index contributed by atoms with van der Waals surface area (Å²) < 4.78 is 12.8. The Bertz CT molecular complexity index is 569. The maximum absolute atomic E-state index is 12.8. The van der Waals surface area contributed by atoms with Crippen LogP contribution in [0.25, 0.3) is 0 Å². The van der Waals surface area contributed by atoms with E-state index in [0.717, 1.165) is 5.56 Å². The second-order valence-electron chi connectivity index (χ2n) is 4.08. The maximum Gasteiger partial charge on any atom is 0.363 e. The van der Waals surface area contributed by atoms with Crippen molar-refractivity contribution in [2.24, 2.45) is 0 Å². The molecule has 98 valence electrons. The van der Waals surface area contributed by atoms with E-state index in [9.17, 15) is 14.5 Å². The molecule has 0 aliphatic carbocycles. The zero-order chi connectivity index (χ0) is 13.8. The zero-order valence-electron chi connectivity index (χ0n) is 10.2. The first-order valence-corrected chi connectivity index (χ1v) is 5.68. The molecule has 0 saturated heterocycles. The predicted molar refractivity (Wildman–Crippen MR) is 69.3 cm³/mol. The van der Waals surface area contributed by atoms with Crippen LogP contribution in [0.1, 0.15) is 18.5 Å². The molecule has 0 amide bonds. The van der Waals surface area contributed by atoms with Crippen molar-refractivity contribution in [3.63, 3.8) is 0 Å². The Morgan fingerprint density at radius 2 is 1.95 bits per heavy atom. The van der Waals surface area contributed by atoms with Gasteiger partial charge in [0.15, 0.2) is 6.20 Å². The van der Waals surface area contributed by atoms with Crippen LogP contribution in [0, 0.1) is 15.9 Å². The first kappa shape index (κ1) is 12.9. The Labute approximate surface area is 109 Å². The van der Waals surface area contributed by atoms with E-state index in [2.05, 4.69) is 10.3 Å². The number of hydrogen-bond acceptors (Lipinski definition) is 4. The summed E-state index contributed by atoms with van der Waals surface area (Å²) in [5, 5.41) is 13.6. The highest BCUT2D eigenvalue weighted by atomic mass is 19.1. The van der Waals surface area contributed by atoms with Gasteiger partial charge in [-0.2, -0.15) is 0 Å². The second kappa shape index (κ2) is 5.43. The first-order chi connectivity index (χ1) is 9.06. The van der Waals surface area contributed by atoms with Gasteiger partial charge in [0.05, 0.1) is 5.69 Å². The van der Waals surface area contributed by atoms with E-state index < -0.39 is 4.92 Å². The van der Waals surface area contributed by atoms with E-state index in [1.165, 1.54) is 24.4 Å². The van der Waals surface area contributed by atoms with Crippen molar-refractivity contribution in [2.45, 2.75) is 13.0 Å². The van der Waals surface area contributed by atoms with Gasteiger partial charge in [-0.3, -0.25) is 0 Å². The number of halogens is 1. The lowest BCUT2D eigenvalue weighted by atomic mass is 10.1. The van der Waals surface area contributed by atoms with Crippen LogP contribution in [-0.4, -0.2) is 9.91 Å². The summed E-state index contributed by atoms with van der Waals surface area (Å²) in [4.78, 5) is 13.6. The molecule has 2 rings (SSSR count). The monoisotopic (exact) mass is 261 g/mol. The van der Waals surface area contributed by atoms with Gasteiger partial charge in [0.2, 0.25) is 0 Å². The topological polar surface area (TPSA) is 68.1 Å². The fourth-order valence-electron chi connectivity index (χ4n) is 1.66. The molecule has 1 N–H and O–H groups in total. The standard InChI is InChI=1S/C13H12FN3O2/c1-9(10-2-4-11(14)5-3-10)16-12-6-7-13(15-8-12)17(18)19/h2-9,16H,1H3/t9-/m0/s1. The summed E-state index contributed by atoms with van der Waals surface area (Å²) in [7, 11) is 0. The highest BCUT2D eigenvalue weighted by Gasteiger charge is 2.09. The van der Waals surface area contributed by atoms with Crippen LogP contribution in [0.3, 0.4) is 0 Å². The minimum Gasteiger partial charge on any atom is -0.375 e. The Kier molecular flexibility index (Phi) is 3.70. The van der Waals surface area contributed by atoms with Gasteiger partial charge in [0.1, 0.15) is 5.82 Å². The van der Waals surface area contributed by atoms with Crippen molar-refractivity contribution in [3.8, 4) is 0 Å². The van der Waals surface area contributed by atoms with Gasteiger partial charge >= 0.3 is 5.82 Å². The van der Waals surface area contributed by atoms with Gasteiger partial charge in [0, 0.05) is 12.1 Å². The number of nitrogens with one attached hydrogen (secondary N) is 1. The van der Waals surface area contributed by atoms with Crippen LogP contribution in [0.4, 0.5) is 15.9 Å². The number of hydrogen-bond donors (Lipinski definition) is 1. The molecule has 0 unspecified atom stereocenters. The van der Waals surface area contributed by atoms with E-state index in [-0.39, 0.29) is 17.7 Å². The molecule has 0 saturated carbocycles. The molecule has 1 aromatic heterocycles. The van der Waals surface area contributed by atoms with Crippen LogP contribution >= 0.6 is 0 Å². The van der Waals surface area contributed by atoms with Crippen LogP contribution in [0.2, 0.25) is 0 Å². The van der Waals surface area contributed by atoms with E-state index in [1.807, 2.05) is 6.92 Å². The van der Waals surface area contributed by atoms with E-state index in [0.29, 0.717) is 5.69 Å². The Hall–Kier alpha value is -2.50. The maximum atomic E-state index is 12.8. The summed E-state index contributed by atoms with van der Waals surface area (Å²) in [5.74, 6) is -0.479. The second-order valence-corrected chi connectivity index (χ2v) is 4.08. The third kappa shape index (κ3) is 3.25. The highest BCUT2D eigenvalue weighted by Crippen LogP contribution is 2.20. The number of benzene rings is 1. The van der Waals surface area contributed by atoms with E-state index >= 15 is 0 Å². The van der Waals surface area contributed by atoms with Crippen molar-refractivity contribution in [2.75, 3.05) is 5.32 Å². The van der Waals surface area contributed by atoms with Crippen molar-refractivity contribution in [1.29, 1.82) is 0 Å². The van der Waals surface area contributed by atoms with Crippen molar-refractivity contribution >= 4 is 11.5 Å². The van der Waals surface area contributed by atoms with Gasteiger partial charge in [-0.1, -0.05) is 12.1 Å². The van der Waals surface area contributed by atoms with Gasteiger partial charge in [-0.05, 0) is 40.6 Å². The zero-order valence-corrected chi connectivity index (χ0v) is 10.2. The largest absolute Gasteiger partial charge is 0.375 e. The molecule has 0 aliphatic rings. The molecule has 19 heavy (non-hydrogen) atoms. The third-order valence-electron chi connectivity index (χ3n) is 2.69. The Balaban J connectivity index is 2.08.